The first-order chi connectivity index (χ1) is 8.33. The smallest absolute Gasteiger partial charge is 0.431 e. The highest BCUT2D eigenvalue weighted by Gasteiger charge is 2.42. The fraction of sp³-hybridized carbons (Fsp3) is 0.417. The summed E-state index contributed by atoms with van der Waals surface area (Å²) in [7, 11) is 0. The molecule has 1 aliphatic rings. The van der Waals surface area contributed by atoms with Gasteiger partial charge < -0.3 is 4.74 Å². The SMILES string of the molecule is CC(C)(C)OC(=O)N1NC=CC1(N)c1cccs1. The van der Waals surface area contributed by atoms with Gasteiger partial charge in [0.25, 0.3) is 0 Å². The van der Waals surface area contributed by atoms with E-state index in [-0.39, 0.29) is 0 Å². The zero-order chi connectivity index (χ0) is 13.4. The van der Waals surface area contributed by atoms with Gasteiger partial charge in [-0.15, -0.1) is 11.3 Å². The number of carbonyl (C=O) groups excluding carboxylic acids is 1. The van der Waals surface area contributed by atoms with Crippen LogP contribution in [0.2, 0.25) is 0 Å². The fourth-order valence-corrected chi connectivity index (χ4v) is 2.44. The zero-order valence-corrected chi connectivity index (χ0v) is 11.5. The van der Waals surface area contributed by atoms with E-state index < -0.39 is 17.4 Å². The van der Waals surface area contributed by atoms with E-state index in [4.69, 9.17) is 10.5 Å². The molecular weight excluding hydrogens is 250 g/mol. The summed E-state index contributed by atoms with van der Waals surface area (Å²) >= 11 is 1.49. The number of rotatable bonds is 1. The lowest BCUT2D eigenvalue weighted by Gasteiger charge is -2.34. The minimum atomic E-state index is -0.990. The van der Waals surface area contributed by atoms with Gasteiger partial charge in [0.05, 0.1) is 4.88 Å². The Morgan fingerprint density at radius 1 is 1.56 bits per heavy atom. The monoisotopic (exact) mass is 267 g/mol. The van der Waals surface area contributed by atoms with Crippen molar-refractivity contribution in [3.63, 3.8) is 0 Å². The minimum absolute atomic E-state index is 0.497. The van der Waals surface area contributed by atoms with E-state index >= 15 is 0 Å². The summed E-state index contributed by atoms with van der Waals surface area (Å²) in [4.78, 5) is 13.0. The van der Waals surface area contributed by atoms with Gasteiger partial charge in [-0.2, -0.15) is 5.01 Å². The van der Waals surface area contributed by atoms with Gasteiger partial charge in [0.15, 0.2) is 5.66 Å². The molecule has 0 aromatic carbocycles. The van der Waals surface area contributed by atoms with Crippen LogP contribution in [0.4, 0.5) is 4.79 Å². The normalized spacial score (nSPS) is 23.0. The number of amides is 1. The summed E-state index contributed by atoms with van der Waals surface area (Å²) in [6.07, 6.45) is 2.88. The van der Waals surface area contributed by atoms with E-state index in [2.05, 4.69) is 5.43 Å². The van der Waals surface area contributed by atoms with Gasteiger partial charge in [0.2, 0.25) is 0 Å². The van der Waals surface area contributed by atoms with Crippen LogP contribution in [0.25, 0.3) is 0 Å². The molecule has 0 saturated carbocycles. The van der Waals surface area contributed by atoms with Gasteiger partial charge in [0.1, 0.15) is 5.60 Å². The van der Waals surface area contributed by atoms with E-state index in [0.717, 1.165) is 4.88 Å². The largest absolute Gasteiger partial charge is 0.442 e. The molecule has 1 atom stereocenters. The van der Waals surface area contributed by atoms with Crippen LogP contribution < -0.4 is 11.2 Å². The van der Waals surface area contributed by atoms with E-state index in [0.29, 0.717) is 0 Å². The van der Waals surface area contributed by atoms with Gasteiger partial charge in [-0.25, -0.2) is 4.79 Å². The Balaban J connectivity index is 2.22. The maximum atomic E-state index is 12.1. The lowest BCUT2D eigenvalue weighted by Crippen LogP contribution is -2.56. The van der Waals surface area contributed by atoms with Crippen molar-refractivity contribution in [2.45, 2.75) is 32.0 Å². The molecule has 3 N–H and O–H groups in total. The van der Waals surface area contributed by atoms with Crippen molar-refractivity contribution in [1.29, 1.82) is 0 Å². The maximum Gasteiger partial charge on any atom is 0.431 e. The molecule has 0 radical (unpaired) electrons. The molecule has 1 aromatic rings. The van der Waals surface area contributed by atoms with Gasteiger partial charge in [-0.3, -0.25) is 11.2 Å². The van der Waals surface area contributed by atoms with Crippen molar-refractivity contribution in [3.8, 4) is 0 Å². The van der Waals surface area contributed by atoms with Crippen LogP contribution in [0.5, 0.6) is 0 Å². The summed E-state index contributed by atoms with van der Waals surface area (Å²) in [5, 5.41) is 3.22. The molecule has 5 nitrogen and oxygen atoms in total. The number of carbonyl (C=O) groups is 1. The summed E-state index contributed by atoms with van der Waals surface area (Å²) in [6, 6.07) is 3.79. The average Bonchev–Trinajstić information content (AvgIpc) is 2.82. The van der Waals surface area contributed by atoms with Crippen LogP contribution in [0, 0.1) is 0 Å². The highest BCUT2D eigenvalue weighted by Crippen LogP contribution is 2.31. The van der Waals surface area contributed by atoms with Crippen molar-refractivity contribution in [2.24, 2.45) is 5.73 Å². The number of nitrogens with two attached hydrogens (primary N) is 1. The molecular formula is C12H17N3O2S. The van der Waals surface area contributed by atoms with Crippen molar-refractivity contribution in [2.75, 3.05) is 0 Å². The van der Waals surface area contributed by atoms with Crippen molar-refractivity contribution in [1.82, 2.24) is 10.4 Å². The Morgan fingerprint density at radius 3 is 2.83 bits per heavy atom. The third-order valence-corrected chi connectivity index (χ3v) is 3.41. The number of hydrogen-bond acceptors (Lipinski definition) is 5. The Morgan fingerprint density at radius 2 is 2.28 bits per heavy atom. The Kier molecular flexibility index (Phi) is 3.08. The molecule has 2 heterocycles. The van der Waals surface area contributed by atoms with Crippen molar-refractivity contribution >= 4 is 17.4 Å². The lowest BCUT2D eigenvalue weighted by atomic mass is 10.1. The van der Waals surface area contributed by atoms with E-state index in [1.54, 1.807) is 12.3 Å². The molecule has 1 aliphatic heterocycles. The molecule has 98 valence electrons. The molecule has 0 aliphatic carbocycles. The first-order valence-corrected chi connectivity index (χ1v) is 6.51. The van der Waals surface area contributed by atoms with Crippen molar-refractivity contribution < 1.29 is 9.53 Å². The second-order valence-electron chi connectivity index (χ2n) is 5.08. The van der Waals surface area contributed by atoms with Crippen LogP contribution in [0.15, 0.2) is 29.8 Å². The van der Waals surface area contributed by atoms with Gasteiger partial charge in [-0.1, -0.05) is 6.07 Å². The standard InChI is InChI=1S/C12H17N3O2S/c1-11(2,3)17-10(16)15-12(13,6-7-14-15)9-5-4-8-18-9/h4-8,14H,13H2,1-3H3. The highest BCUT2D eigenvalue weighted by atomic mass is 32.1. The Bertz CT molecular complexity index is 464. The topological polar surface area (TPSA) is 67.6 Å². The predicted octanol–water partition coefficient (Wildman–Crippen LogP) is 2.13. The van der Waals surface area contributed by atoms with E-state index in [9.17, 15) is 4.79 Å². The molecule has 0 saturated heterocycles. The molecule has 1 aromatic heterocycles. The van der Waals surface area contributed by atoms with E-state index in [1.165, 1.54) is 16.3 Å². The molecule has 2 rings (SSSR count). The van der Waals surface area contributed by atoms with Crippen LogP contribution in [-0.2, 0) is 10.4 Å². The van der Waals surface area contributed by atoms with Crippen LogP contribution >= 0.6 is 11.3 Å². The van der Waals surface area contributed by atoms with Gasteiger partial charge >= 0.3 is 6.09 Å². The summed E-state index contributed by atoms with van der Waals surface area (Å²) < 4.78 is 5.32. The molecule has 0 bridgehead atoms. The van der Waals surface area contributed by atoms with Gasteiger partial charge in [-0.05, 0) is 38.3 Å². The summed E-state index contributed by atoms with van der Waals surface area (Å²) in [5.74, 6) is 0. The number of nitrogens with one attached hydrogen (secondary N) is 1. The average molecular weight is 267 g/mol. The zero-order valence-electron chi connectivity index (χ0n) is 10.6. The second kappa shape index (κ2) is 4.29. The van der Waals surface area contributed by atoms with Crippen LogP contribution in [0.1, 0.15) is 25.6 Å². The molecule has 0 fully saturated rings. The summed E-state index contributed by atoms with van der Waals surface area (Å²) in [6.45, 7) is 5.45. The lowest BCUT2D eigenvalue weighted by molar-refractivity contribution is -0.000497. The van der Waals surface area contributed by atoms with Crippen LogP contribution in [-0.4, -0.2) is 16.7 Å². The molecule has 18 heavy (non-hydrogen) atoms. The molecule has 1 amide bonds. The van der Waals surface area contributed by atoms with Gasteiger partial charge in [0, 0.05) is 6.20 Å². The fourth-order valence-electron chi connectivity index (χ4n) is 1.63. The third-order valence-electron chi connectivity index (χ3n) is 2.40. The first kappa shape index (κ1) is 12.9. The summed E-state index contributed by atoms with van der Waals surface area (Å²) in [5.41, 5.74) is 7.55. The quantitative estimate of drug-likeness (QED) is 0.818. The second-order valence-corrected chi connectivity index (χ2v) is 6.03. The molecule has 1 unspecified atom stereocenters. The molecule has 6 heteroatoms. The predicted molar refractivity (Wildman–Crippen MR) is 70.5 cm³/mol. The first-order valence-electron chi connectivity index (χ1n) is 5.63. The maximum absolute atomic E-state index is 12.1. The Hall–Kier alpha value is -1.53. The number of hydrogen-bond donors (Lipinski definition) is 2. The molecule has 0 spiro atoms. The number of ether oxygens (including phenoxy) is 1. The van der Waals surface area contributed by atoms with E-state index in [1.807, 2.05) is 38.3 Å². The Labute approximate surface area is 110 Å². The third kappa shape index (κ3) is 2.34. The minimum Gasteiger partial charge on any atom is -0.442 e. The number of nitrogens with zero attached hydrogens (tertiary/aromatic N) is 1. The number of thiophene rings is 1. The van der Waals surface area contributed by atoms with Crippen molar-refractivity contribution in [3.05, 3.63) is 34.7 Å². The van der Waals surface area contributed by atoms with Crippen LogP contribution in [0.3, 0.4) is 0 Å². The number of hydrazine groups is 1. The highest BCUT2D eigenvalue weighted by molar-refractivity contribution is 7.10.